The number of imidazole rings is 1. The van der Waals surface area contributed by atoms with E-state index in [0.29, 0.717) is 17.9 Å². The molecular formula is C17H17BrN4O. The van der Waals surface area contributed by atoms with Gasteiger partial charge < -0.3 is 5.32 Å². The third-order valence-electron chi connectivity index (χ3n) is 3.65. The van der Waals surface area contributed by atoms with Crippen LogP contribution in [0, 0.1) is 13.8 Å². The van der Waals surface area contributed by atoms with E-state index in [1.54, 1.807) is 12.3 Å². The average molecular weight is 373 g/mol. The van der Waals surface area contributed by atoms with E-state index in [4.69, 9.17) is 0 Å². The zero-order chi connectivity index (χ0) is 16.6. The zero-order valence-electron chi connectivity index (χ0n) is 13.2. The fraction of sp³-hybridized carbons (Fsp3) is 0.235. The van der Waals surface area contributed by atoms with Crippen molar-refractivity contribution in [3.05, 3.63) is 57.6 Å². The second-order valence-corrected chi connectivity index (χ2v) is 6.39. The van der Waals surface area contributed by atoms with Gasteiger partial charge in [-0.2, -0.15) is 0 Å². The van der Waals surface area contributed by atoms with Gasteiger partial charge in [-0.3, -0.25) is 9.20 Å². The van der Waals surface area contributed by atoms with Gasteiger partial charge in [-0.15, -0.1) is 0 Å². The number of halogens is 1. The van der Waals surface area contributed by atoms with Gasteiger partial charge in [0, 0.05) is 16.9 Å². The molecule has 3 rings (SSSR count). The molecule has 3 aromatic rings. The van der Waals surface area contributed by atoms with Crippen LogP contribution in [0.5, 0.6) is 0 Å². The highest BCUT2D eigenvalue weighted by Gasteiger charge is 2.20. The van der Waals surface area contributed by atoms with Crippen LogP contribution in [-0.2, 0) is 6.42 Å². The lowest BCUT2D eigenvalue weighted by Crippen LogP contribution is -2.17. The van der Waals surface area contributed by atoms with Crippen molar-refractivity contribution < 1.29 is 4.79 Å². The van der Waals surface area contributed by atoms with Gasteiger partial charge >= 0.3 is 0 Å². The summed E-state index contributed by atoms with van der Waals surface area (Å²) >= 11 is 3.48. The molecule has 6 heteroatoms. The van der Waals surface area contributed by atoms with Gasteiger partial charge in [0.15, 0.2) is 0 Å². The summed E-state index contributed by atoms with van der Waals surface area (Å²) in [4.78, 5) is 21.6. The maximum atomic E-state index is 12.7. The van der Waals surface area contributed by atoms with Crippen LogP contribution in [-0.4, -0.2) is 20.3 Å². The van der Waals surface area contributed by atoms with Crippen LogP contribution in [0.4, 0.5) is 5.82 Å². The molecule has 3 heterocycles. The second-order valence-electron chi connectivity index (χ2n) is 5.47. The Morgan fingerprint density at radius 3 is 2.78 bits per heavy atom. The number of nitrogens with one attached hydrogen (secondary N) is 1. The van der Waals surface area contributed by atoms with Crippen molar-refractivity contribution in [1.82, 2.24) is 14.4 Å². The van der Waals surface area contributed by atoms with Crippen LogP contribution in [0.1, 0.15) is 34.2 Å². The largest absolute Gasteiger partial charge is 0.305 e. The fourth-order valence-electron chi connectivity index (χ4n) is 2.52. The number of carbonyl (C=O) groups is 1. The maximum absolute atomic E-state index is 12.7. The molecule has 0 spiro atoms. The molecule has 0 aliphatic rings. The van der Waals surface area contributed by atoms with Gasteiger partial charge in [-0.1, -0.05) is 13.0 Å². The summed E-state index contributed by atoms with van der Waals surface area (Å²) in [5.41, 5.74) is 4.19. The molecule has 0 radical (unpaired) electrons. The van der Waals surface area contributed by atoms with Gasteiger partial charge in [0.2, 0.25) is 0 Å². The van der Waals surface area contributed by atoms with Crippen molar-refractivity contribution >= 4 is 33.3 Å². The molecule has 1 N–H and O–H groups in total. The minimum atomic E-state index is -0.205. The first kappa shape index (κ1) is 15.7. The number of hydrogen-bond donors (Lipinski definition) is 1. The Labute approximate surface area is 142 Å². The van der Waals surface area contributed by atoms with E-state index in [1.807, 2.05) is 43.5 Å². The fourth-order valence-corrected chi connectivity index (χ4v) is 3.07. The summed E-state index contributed by atoms with van der Waals surface area (Å²) in [6.07, 6.45) is 4.28. The molecule has 0 aromatic carbocycles. The summed E-state index contributed by atoms with van der Waals surface area (Å²) in [6.45, 7) is 5.93. The molecule has 0 fully saturated rings. The van der Waals surface area contributed by atoms with Gasteiger partial charge in [-0.25, -0.2) is 9.97 Å². The lowest BCUT2D eigenvalue weighted by atomic mass is 10.2. The first-order chi connectivity index (χ1) is 11.0. The Bertz CT molecular complexity index is 884. The number of aromatic nitrogens is 3. The standard InChI is InChI=1S/C17H17BrN4O/c1-4-13-15(17(23)21-14-6-5-10(2)8-19-14)22-9-12(18)7-11(3)16(22)20-13/h5-9H,4H2,1-3H3,(H,19,21,23). The minimum absolute atomic E-state index is 0.205. The second kappa shape index (κ2) is 6.12. The van der Waals surface area contributed by atoms with Crippen molar-refractivity contribution in [2.75, 3.05) is 5.32 Å². The van der Waals surface area contributed by atoms with Crippen molar-refractivity contribution in [3.63, 3.8) is 0 Å². The zero-order valence-corrected chi connectivity index (χ0v) is 14.8. The Balaban J connectivity index is 2.07. The first-order valence-electron chi connectivity index (χ1n) is 7.40. The molecule has 0 bridgehead atoms. The number of aryl methyl sites for hydroxylation is 3. The van der Waals surface area contributed by atoms with Gasteiger partial charge in [0.25, 0.3) is 5.91 Å². The molecule has 1 amide bonds. The SMILES string of the molecule is CCc1nc2c(C)cc(Br)cn2c1C(=O)Nc1ccc(C)cn1. The molecule has 0 unspecified atom stereocenters. The Hall–Kier alpha value is -2.21. The number of anilines is 1. The Kier molecular flexibility index (Phi) is 4.17. The molecule has 0 aliphatic carbocycles. The summed E-state index contributed by atoms with van der Waals surface area (Å²) in [5, 5.41) is 2.85. The van der Waals surface area contributed by atoms with E-state index in [-0.39, 0.29) is 5.91 Å². The number of carbonyl (C=O) groups excluding carboxylic acids is 1. The Morgan fingerprint density at radius 1 is 1.35 bits per heavy atom. The monoisotopic (exact) mass is 372 g/mol. The average Bonchev–Trinajstić information content (AvgIpc) is 2.88. The van der Waals surface area contributed by atoms with Crippen molar-refractivity contribution in [3.8, 4) is 0 Å². The number of fused-ring (bicyclic) bond motifs is 1. The minimum Gasteiger partial charge on any atom is -0.305 e. The number of hydrogen-bond acceptors (Lipinski definition) is 3. The number of rotatable bonds is 3. The predicted octanol–water partition coefficient (Wildman–Crippen LogP) is 3.92. The van der Waals surface area contributed by atoms with Gasteiger partial charge in [0.1, 0.15) is 17.2 Å². The number of pyridine rings is 2. The quantitative estimate of drug-likeness (QED) is 0.757. The molecule has 0 aliphatic heterocycles. The van der Waals surface area contributed by atoms with Crippen molar-refractivity contribution in [1.29, 1.82) is 0 Å². The van der Waals surface area contributed by atoms with Crippen LogP contribution < -0.4 is 5.32 Å². The maximum Gasteiger partial charge on any atom is 0.275 e. The van der Waals surface area contributed by atoms with E-state index in [0.717, 1.165) is 26.9 Å². The number of amides is 1. The number of nitrogens with zero attached hydrogens (tertiary/aromatic N) is 3. The van der Waals surface area contributed by atoms with E-state index in [9.17, 15) is 4.79 Å². The van der Waals surface area contributed by atoms with E-state index >= 15 is 0 Å². The van der Waals surface area contributed by atoms with Crippen LogP contribution in [0.15, 0.2) is 35.1 Å². The van der Waals surface area contributed by atoms with Crippen LogP contribution >= 0.6 is 15.9 Å². The lowest BCUT2D eigenvalue weighted by molar-refractivity contribution is 0.102. The highest BCUT2D eigenvalue weighted by Crippen LogP contribution is 2.22. The third kappa shape index (κ3) is 2.99. The van der Waals surface area contributed by atoms with Crippen molar-refractivity contribution in [2.45, 2.75) is 27.2 Å². The van der Waals surface area contributed by atoms with Gasteiger partial charge in [0.05, 0.1) is 5.69 Å². The highest BCUT2D eigenvalue weighted by atomic mass is 79.9. The first-order valence-corrected chi connectivity index (χ1v) is 8.20. The van der Waals surface area contributed by atoms with E-state index in [1.165, 1.54) is 0 Å². The van der Waals surface area contributed by atoms with E-state index < -0.39 is 0 Å². The van der Waals surface area contributed by atoms with Gasteiger partial charge in [-0.05, 0) is 59.5 Å². The molecule has 3 aromatic heterocycles. The third-order valence-corrected chi connectivity index (χ3v) is 4.08. The predicted molar refractivity (Wildman–Crippen MR) is 93.9 cm³/mol. The highest BCUT2D eigenvalue weighted by molar-refractivity contribution is 9.10. The lowest BCUT2D eigenvalue weighted by Gasteiger charge is -2.07. The molecule has 5 nitrogen and oxygen atoms in total. The topological polar surface area (TPSA) is 59.3 Å². The molecule has 23 heavy (non-hydrogen) atoms. The summed E-state index contributed by atoms with van der Waals surface area (Å²) in [6, 6.07) is 5.70. The summed E-state index contributed by atoms with van der Waals surface area (Å²) < 4.78 is 2.74. The molecule has 0 saturated heterocycles. The van der Waals surface area contributed by atoms with E-state index in [2.05, 4.69) is 31.2 Å². The molecular weight excluding hydrogens is 356 g/mol. The van der Waals surface area contributed by atoms with Crippen LogP contribution in [0.3, 0.4) is 0 Å². The van der Waals surface area contributed by atoms with Crippen LogP contribution in [0.25, 0.3) is 5.65 Å². The summed E-state index contributed by atoms with van der Waals surface area (Å²) in [5.74, 6) is 0.326. The van der Waals surface area contributed by atoms with Crippen LogP contribution in [0.2, 0.25) is 0 Å². The summed E-state index contributed by atoms with van der Waals surface area (Å²) in [7, 11) is 0. The smallest absolute Gasteiger partial charge is 0.275 e. The molecule has 0 atom stereocenters. The molecule has 0 saturated carbocycles. The normalized spacial score (nSPS) is 11.0. The molecule has 118 valence electrons. The van der Waals surface area contributed by atoms with Crippen molar-refractivity contribution in [2.24, 2.45) is 0 Å². The Morgan fingerprint density at radius 2 is 2.13 bits per heavy atom.